The van der Waals surface area contributed by atoms with Crippen molar-refractivity contribution < 1.29 is 36.0 Å². The fourth-order valence-electron chi connectivity index (χ4n) is 2.36. The van der Waals surface area contributed by atoms with Gasteiger partial charge in [-0.15, -0.1) is 0 Å². The lowest BCUT2D eigenvalue weighted by Crippen LogP contribution is -2.05. The van der Waals surface area contributed by atoms with Crippen LogP contribution in [0.1, 0.15) is 0 Å². The van der Waals surface area contributed by atoms with E-state index < -0.39 is 73.3 Å². The first-order valence-corrected chi connectivity index (χ1v) is 7.79. The lowest BCUT2D eigenvalue weighted by atomic mass is 10.0. The molecule has 150 valence electrons. The molecule has 29 heavy (non-hydrogen) atoms. The Morgan fingerprint density at radius 2 is 1.52 bits per heavy atom. The van der Waals surface area contributed by atoms with Crippen molar-refractivity contribution in [3.05, 3.63) is 80.5 Å². The van der Waals surface area contributed by atoms with E-state index in [0.717, 1.165) is 12.3 Å². The molecular formula is C17H5ClF6N2O3. The molecular weight excluding hydrogens is 430 g/mol. The van der Waals surface area contributed by atoms with Crippen LogP contribution in [0.3, 0.4) is 0 Å². The van der Waals surface area contributed by atoms with Gasteiger partial charge in [0, 0.05) is 5.56 Å². The Kier molecular flexibility index (Phi) is 5.33. The lowest BCUT2D eigenvalue weighted by molar-refractivity contribution is -0.390. The van der Waals surface area contributed by atoms with E-state index in [4.69, 9.17) is 16.3 Å². The first-order valence-electron chi connectivity index (χ1n) is 7.41. The molecule has 3 aromatic rings. The molecule has 0 aliphatic heterocycles. The molecule has 2 aromatic carbocycles. The Labute approximate surface area is 162 Å². The van der Waals surface area contributed by atoms with Crippen LogP contribution in [0.4, 0.5) is 32.2 Å². The molecule has 0 saturated heterocycles. The highest BCUT2D eigenvalue weighted by atomic mass is 35.5. The summed E-state index contributed by atoms with van der Waals surface area (Å²) >= 11 is 5.79. The fraction of sp³-hybridized carbons (Fsp3) is 0. The zero-order chi connectivity index (χ0) is 21.5. The van der Waals surface area contributed by atoms with Crippen LogP contribution in [0.5, 0.6) is 11.5 Å². The predicted octanol–water partition coefficient (Wildman–Crippen LogP) is 5.94. The summed E-state index contributed by atoms with van der Waals surface area (Å²) in [4.78, 5) is 13.5. The van der Waals surface area contributed by atoms with Crippen molar-refractivity contribution in [2.45, 2.75) is 0 Å². The number of ether oxygens (including phenoxy) is 1. The summed E-state index contributed by atoms with van der Waals surface area (Å²) in [5, 5.41) is 10.5. The van der Waals surface area contributed by atoms with Gasteiger partial charge in [0.1, 0.15) is 17.8 Å². The van der Waals surface area contributed by atoms with Crippen LogP contribution >= 0.6 is 11.6 Å². The number of hydrogen-bond acceptors (Lipinski definition) is 4. The summed E-state index contributed by atoms with van der Waals surface area (Å²) in [5.41, 5.74) is -2.62. The highest BCUT2D eigenvalue weighted by molar-refractivity contribution is 6.32. The van der Waals surface area contributed by atoms with Crippen molar-refractivity contribution in [2.75, 3.05) is 0 Å². The van der Waals surface area contributed by atoms with E-state index in [9.17, 15) is 36.5 Å². The number of rotatable bonds is 4. The van der Waals surface area contributed by atoms with Crippen molar-refractivity contribution >= 4 is 17.4 Å². The number of pyridine rings is 1. The Balaban J connectivity index is 2.20. The quantitative estimate of drug-likeness (QED) is 0.168. The molecule has 0 amide bonds. The highest BCUT2D eigenvalue weighted by Crippen LogP contribution is 2.40. The average molecular weight is 435 g/mol. The summed E-state index contributed by atoms with van der Waals surface area (Å²) in [6, 6.07) is 3.40. The standard InChI is InChI=1S/C17H5ClF6N2O3/c18-7-5-8(19)6(11-12(20)14(22)16(24)15(23)13(11)21)4-10(7)29-9-2-1-3-25-17(9)26(27)28/h1-5H. The first-order chi connectivity index (χ1) is 13.6. The molecule has 1 aromatic heterocycles. The summed E-state index contributed by atoms with van der Waals surface area (Å²) in [6.07, 6.45) is 1.08. The molecule has 1 heterocycles. The first kappa shape index (κ1) is 20.4. The van der Waals surface area contributed by atoms with Gasteiger partial charge in [-0.2, -0.15) is 0 Å². The van der Waals surface area contributed by atoms with Gasteiger partial charge in [-0.3, -0.25) is 0 Å². The minimum Gasteiger partial charge on any atom is -0.447 e. The second-order valence-corrected chi connectivity index (χ2v) is 5.80. The summed E-state index contributed by atoms with van der Waals surface area (Å²) < 4.78 is 87.7. The number of nitro groups is 1. The highest BCUT2D eigenvalue weighted by Gasteiger charge is 2.29. The summed E-state index contributed by atoms with van der Waals surface area (Å²) in [6.45, 7) is 0. The smallest absolute Gasteiger partial charge is 0.406 e. The van der Waals surface area contributed by atoms with Gasteiger partial charge in [-0.25, -0.2) is 26.3 Å². The maximum absolute atomic E-state index is 14.3. The van der Waals surface area contributed by atoms with Gasteiger partial charge >= 0.3 is 5.82 Å². The number of nitrogens with zero attached hydrogens (tertiary/aromatic N) is 2. The van der Waals surface area contributed by atoms with Crippen molar-refractivity contribution in [1.82, 2.24) is 4.98 Å². The Morgan fingerprint density at radius 3 is 2.10 bits per heavy atom. The molecule has 0 N–H and O–H groups in total. The Bertz CT molecular complexity index is 1130. The Morgan fingerprint density at radius 1 is 0.931 bits per heavy atom. The third-order valence-electron chi connectivity index (χ3n) is 3.64. The molecule has 0 saturated carbocycles. The molecule has 0 radical (unpaired) electrons. The molecule has 0 spiro atoms. The fourth-order valence-corrected chi connectivity index (χ4v) is 2.55. The molecule has 0 aliphatic rings. The van der Waals surface area contributed by atoms with E-state index >= 15 is 0 Å². The molecule has 0 aliphatic carbocycles. The summed E-state index contributed by atoms with van der Waals surface area (Å²) in [5.74, 6) is -14.7. The third kappa shape index (κ3) is 3.56. The van der Waals surface area contributed by atoms with Crippen LogP contribution in [-0.4, -0.2) is 9.91 Å². The van der Waals surface area contributed by atoms with E-state index in [1.54, 1.807) is 0 Å². The summed E-state index contributed by atoms with van der Waals surface area (Å²) in [7, 11) is 0. The largest absolute Gasteiger partial charge is 0.447 e. The topological polar surface area (TPSA) is 65.3 Å². The second kappa shape index (κ2) is 7.59. The van der Waals surface area contributed by atoms with Gasteiger partial charge in [0.15, 0.2) is 23.3 Å². The maximum atomic E-state index is 14.3. The maximum Gasteiger partial charge on any atom is 0.406 e. The molecule has 3 rings (SSSR count). The van der Waals surface area contributed by atoms with Crippen molar-refractivity contribution in [2.24, 2.45) is 0 Å². The van der Waals surface area contributed by atoms with Gasteiger partial charge < -0.3 is 14.9 Å². The van der Waals surface area contributed by atoms with E-state index in [0.29, 0.717) is 12.1 Å². The minimum atomic E-state index is -2.42. The van der Waals surface area contributed by atoms with Gasteiger partial charge in [-0.05, 0) is 34.2 Å². The van der Waals surface area contributed by atoms with Crippen LogP contribution in [-0.2, 0) is 0 Å². The predicted molar refractivity (Wildman–Crippen MR) is 87.6 cm³/mol. The molecule has 0 bridgehead atoms. The second-order valence-electron chi connectivity index (χ2n) is 5.39. The zero-order valence-electron chi connectivity index (χ0n) is 13.7. The van der Waals surface area contributed by atoms with Crippen molar-refractivity contribution in [1.29, 1.82) is 0 Å². The lowest BCUT2D eigenvalue weighted by Gasteiger charge is -2.13. The van der Waals surface area contributed by atoms with Gasteiger partial charge in [-0.1, -0.05) is 11.6 Å². The van der Waals surface area contributed by atoms with Gasteiger partial charge in [0.25, 0.3) is 0 Å². The van der Waals surface area contributed by atoms with Gasteiger partial charge in [0.2, 0.25) is 11.6 Å². The number of aromatic nitrogens is 1. The average Bonchev–Trinajstić information content (AvgIpc) is 2.68. The van der Waals surface area contributed by atoms with E-state index in [1.807, 2.05) is 0 Å². The number of benzene rings is 2. The van der Waals surface area contributed by atoms with Crippen LogP contribution < -0.4 is 4.74 Å². The van der Waals surface area contributed by atoms with Gasteiger partial charge in [0.05, 0.1) is 10.6 Å². The molecule has 0 atom stereocenters. The Hall–Kier alpha value is -3.34. The number of halogens is 7. The van der Waals surface area contributed by atoms with E-state index in [1.165, 1.54) is 6.07 Å². The van der Waals surface area contributed by atoms with Crippen molar-refractivity contribution in [3.8, 4) is 22.6 Å². The normalized spacial score (nSPS) is 10.9. The SMILES string of the molecule is O=[N+]([O-])c1ncccc1Oc1cc(-c2c(F)c(F)c(F)c(F)c2F)c(F)cc1Cl. The third-order valence-corrected chi connectivity index (χ3v) is 3.94. The van der Waals surface area contributed by atoms with Crippen LogP contribution in [0.2, 0.25) is 5.02 Å². The zero-order valence-corrected chi connectivity index (χ0v) is 14.4. The molecule has 5 nitrogen and oxygen atoms in total. The van der Waals surface area contributed by atoms with Crippen LogP contribution in [0.15, 0.2) is 30.5 Å². The number of hydrogen-bond donors (Lipinski definition) is 0. The van der Waals surface area contributed by atoms with Crippen LogP contribution in [0.25, 0.3) is 11.1 Å². The van der Waals surface area contributed by atoms with Crippen LogP contribution in [0, 0.1) is 45.0 Å². The molecule has 12 heteroatoms. The molecule has 0 fully saturated rings. The monoisotopic (exact) mass is 434 g/mol. The molecule has 0 unspecified atom stereocenters. The van der Waals surface area contributed by atoms with E-state index in [2.05, 4.69) is 4.98 Å². The minimum absolute atomic E-state index is 0.464. The van der Waals surface area contributed by atoms with Crippen molar-refractivity contribution in [3.63, 3.8) is 0 Å². The van der Waals surface area contributed by atoms with E-state index in [-0.39, 0.29) is 0 Å².